The Bertz CT molecular complexity index is 37.1. The quantitative estimate of drug-likeness (QED) is 0.298. The lowest BCUT2D eigenvalue weighted by molar-refractivity contribution is 1.21. The first-order chi connectivity index (χ1) is 2.91. The lowest BCUT2D eigenvalue weighted by Crippen LogP contribution is -1.74. The maximum atomic E-state index is 3.62. The van der Waals surface area contributed by atoms with Crippen LogP contribution in [0.15, 0.2) is 12.7 Å². The van der Waals surface area contributed by atoms with Gasteiger partial charge in [-0.05, 0) is 0 Å². The van der Waals surface area contributed by atoms with Crippen LogP contribution in [0.4, 0.5) is 0 Å². The predicted molar refractivity (Wildman–Crippen MR) is 46.7 cm³/mol. The van der Waals surface area contributed by atoms with Gasteiger partial charge < -0.3 is 0 Å². The summed E-state index contributed by atoms with van der Waals surface area (Å²) in [5, 5.41) is 2.32. The summed E-state index contributed by atoms with van der Waals surface area (Å²) in [4.78, 5) is 0. The van der Waals surface area contributed by atoms with Crippen LogP contribution in [-0.2, 0) is 0 Å². The van der Waals surface area contributed by atoms with Gasteiger partial charge in [0.25, 0.3) is 0 Å². The summed E-state index contributed by atoms with van der Waals surface area (Å²) in [6, 6.07) is 0. The molecule has 0 heterocycles. The second-order valence-electron chi connectivity index (χ2n) is 1.43. The van der Waals surface area contributed by atoms with Crippen molar-refractivity contribution in [3.05, 3.63) is 12.7 Å². The summed E-state index contributed by atoms with van der Waals surface area (Å²) in [7, 11) is 0. The van der Waals surface area contributed by atoms with Gasteiger partial charge >= 0.3 is 20.4 Å². The number of hydrogen-bond acceptors (Lipinski definition) is 0. The third-order valence-electron chi connectivity index (χ3n) is 0.762. The van der Waals surface area contributed by atoms with Gasteiger partial charge in [0, 0.05) is 0 Å². The monoisotopic (exact) mass is 222 g/mol. The molecule has 0 atom stereocenters. The van der Waals surface area contributed by atoms with Crippen LogP contribution in [0.3, 0.4) is 0 Å². The highest BCUT2D eigenvalue weighted by atomic mass is 127. The maximum absolute atomic E-state index is 3.62. The van der Waals surface area contributed by atoms with Crippen LogP contribution in [0.25, 0.3) is 0 Å². The Hall–Kier alpha value is 1.24. The zero-order valence-electron chi connectivity index (χ0n) is 4.81. The van der Waals surface area contributed by atoms with Gasteiger partial charge in [-0.1, -0.05) is 12.5 Å². The molecule has 7 heavy (non-hydrogen) atoms. The van der Waals surface area contributed by atoms with Crippen molar-refractivity contribution in [3.8, 4) is 0 Å². The average molecular weight is 222 g/mol. The van der Waals surface area contributed by atoms with Crippen molar-refractivity contribution in [1.29, 1.82) is 0 Å². The molecule has 0 spiro atoms. The molecule has 0 aliphatic carbocycles. The molecule has 0 unspecified atom stereocenters. The fourth-order valence-electron chi connectivity index (χ4n) is 0.348. The number of hydrogen-bond donors (Lipinski definition) is 0. The Labute approximate surface area is 72.5 Å². The molecule has 0 nitrogen and oxygen atoms in total. The highest BCUT2D eigenvalue weighted by Gasteiger charge is 1.78. The first kappa shape index (κ1) is 11.1. The van der Waals surface area contributed by atoms with E-state index in [2.05, 4.69) is 11.6 Å². The molecular formula is C5H11IMg. The molecule has 2 heteroatoms. The van der Waals surface area contributed by atoms with Gasteiger partial charge in [-0.25, -0.2) is 0 Å². The van der Waals surface area contributed by atoms with E-state index in [0.29, 0.717) is 20.4 Å². The molecule has 0 amide bonds. The molecule has 0 N–H and O–H groups in total. The smallest absolute Gasteiger partial charge is 0.157 e. The van der Waals surface area contributed by atoms with E-state index in [0.717, 1.165) is 0 Å². The van der Waals surface area contributed by atoms with Crippen molar-refractivity contribution >= 4 is 44.3 Å². The summed E-state index contributed by atoms with van der Waals surface area (Å²) >= 11 is 0.332. The van der Waals surface area contributed by atoms with Gasteiger partial charge in [0.1, 0.15) is 0 Å². The molecule has 0 aliphatic rings. The molecule has 0 fully saturated rings. The summed E-state index contributed by atoms with van der Waals surface area (Å²) in [5.74, 6) is 0. The van der Waals surface area contributed by atoms with Crippen molar-refractivity contribution in [2.75, 3.05) is 0 Å². The first-order valence-corrected chi connectivity index (χ1v) is 4.94. The van der Waals surface area contributed by atoms with E-state index in [-0.39, 0.29) is 24.0 Å². The van der Waals surface area contributed by atoms with Crippen LogP contribution in [-0.4, -0.2) is 20.4 Å². The molecule has 0 saturated carbocycles. The minimum atomic E-state index is 0. The van der Waals surface area contributed by atoms with Crippen molar-refractivity contribution in [1.82, 2.24) is 0 Å². The van der Waals surface area contributed by atoms with Gasteiger partial charge in [-0.3, -0.25) is 0 Å². The maximum Gasteiger partial charge on any atom is 0.360 e. The van der Waals surface area contributed by atoms with E-state index in [1.54, 1.807) is 0 Å². The summed E-state index contributed by atoms with van der Waals surface area (Å²) in [6.45, 7) is 3.62. The van der Waals surface area contributed by atoms with Gasteiger partial charge in [-0.15, -0.1) is 35.1 Å². The van der Waals surface area contributed by atoms with Gasteiger partial charge in [0.15, 0.2) is 0 Å². The van der Waals surface area contributed by atoms with Crippen molar-refractivity contribution in [2.24, 2.45) is 0 Å². The van der Waals surface area contributed by atoms with Crippen LogP contribution in [0.1, 0.15) is 6.42 Å². The summed E-state index contributed by atoms with van der Waals surface area (Å²) in [5.41, 5.74) is 0. The first-order valence-electron chi connectivity index (χ1n) is 2.52. The third kappa shape index (κ3) is 11.1. The Balaban J connectivity index is 0. The van der Waals surface area contributed by atoms with Gasteiger partial charge in [0.05, 0.1) is 0 Å². The summed E-state index contributed by atoms with van der Waals surface area (Å²) < 4.78 is 1.43. The molecule has 0 aliphatic heterocycles. The standard InChI is InChI=1S/C4H7.CH3.HI.Mg/c1-3-4-2;;;/h3H,1-2,4H2;1H3;1H;. The van der Waals surface area contributed by atoms with E-state index in [1.807, 2.05) is 6.08 Å². The molecule has 0 aromatic rings. The number of rotatable bonds is 3. The second kappa shape index (κ2) is 10.3. The summed E-state index contributed by atoms with van der Waals surface area (Å²) in [6.07, 6.45) is 3.24. The third-order valence-corrected chi connectivity index (χ3v) is 1.88. The van der Waals surface area contributed by atoms with Crippen molar-refractivity contribution < 1.29 is 0 Å². The van der Waals surface area contributed by atoms with Gasteiger partial charge in [0.2, 0.25) is 0 Å². The molecule has 0 rings (SSSR count). The van der Waals surface area contributed by atoms with E-state index in [1.165, 1.54) is 11.0 Å². The zero-order chi connectivity index (χ0) is 4.83. The SMILES string of the molecule is C=CC[CH2][Mg][CH3].I. The van der Waals surface area contributed by atoms with E-state index in [4.69, 9.17) is 0 Å². The van der Waals surface area contributed by atoms with Crippen LogP contribution < -0.4 is 0 Å². The minimum Gasteiger partial charge on any atom is -0.157 e. The largest absolute Gasteiger partial charge is 0.360 e. The van der Waals surface area contributed by atoms with Crippen molar-refractivity contribution in [2.45, 2.75) is 16.0 Å². The Kier molecular flexibility index (Phi) is 16.3. The normalized spacial score (nSPS) is 5.86. The molecule has 0 saturated heterocycles. The predicted octanol–water partition coefficient (Wildman–Crippen LogP) is 2.35. The number of halogens is 1. The van der Waals surface area contributed by atoms with E-state index in [9.17, 15) is 0 Å². The molecule has 0 aromatic heterocycles. The fraction of sp³-hybridized carbons (Fsp3) is 0.600. The van der Waals surface area contributed by atoms with Crippen LogP contribution in [0.5, 0.6) is 0 Å². The Morgan fingerprint density at radius 1 is 1.71 bits per heavy atom. The zero-order valence-corrected chi connectivity index (χ0v) is 8.56. The Morgan fingerprint density at radius 3 is 2.43 bits per heavy atom. The highest BCUT2D eigenvalue weighted by Crippen LogP contribution is 1.85. The van der Waals surface area contributed by atoms with Crippen LogP contribution >= 0.6 is 24.0 Å². The van der Waals surface area contributed by atoms with E-state index >= 15 is 0 Å². The number of allylic oxidation sites excluding steroid dienone is 1. The molecule has 0 aromatic carbocycles. The Morgan fingerprint density at radius 2 is 2.29 bits per heavy atom. The lowest BCUT2D eigenvalue weighted by Gasteiger charge is -1.78. The lowest BCUT2D eigenvalue weighted by atomic mass is 10.5. The molecule has 40 valence electrons. The molecule has 0 bridgehead atoms. The molecule has 0 radical (unpaired) electrons. The van der Waals surface area contributed by atoms with Crippen molar-refractivity contribution in [3.63, 3.8) is 0 Å². The van der Waals surface area contributed by atoms with Crippen LogP contribution in [0.2, 0.25) is 9.60 Å². The minimum absolute atomic E-state index is 0. The topological polar surface area (TPSA) is 0 Å². The van der Waals surface area contributed by atoms with Gasteiger partial charge in [-0.2, -0.15) is 5.05 Å². The van der Waals surface area contributed by atoms with E-state index < -0.39 is 0 Å². The van der Waals surface area contributed by atoms with Crippen LogP contribution in [0, 0.1) is 0 Å². The fourth-order valence-corrected chi connectivity index (χ4v) is 1.05. The second-order valence-corrected chi connectivity index (χ2v) is 3.14. The highest BCUT2D eigenvalue weighted by molar-refractivity contribution is 14.0. The average Bonchev–Trinajstić information content (AvgIpc) is 1.61. The molecular weight excluding hydrogens is 211 g/mol.